The van der Waals surface area contributed by atoms with Crippen molar-refractivity contribution < 1.29 is 4.79 Å². The van der Waals surface area contributed by atoms with Gasteiger partial charge in [-0.25, -0.2) is 0 Å². The highest BCUT2D eigenvalue weighted by atomic mass is 32.2. The molecule has 1 saturated carbocycles. The van der Waals surface area contributed by atoms with Crippen molar-refractivity contribution in [3.8, 4) is 0 Å². The van der Waals surface area contributed by atoms with Crippen LogP contribution in [0.5, 0.6) is 0 Å². The second-order valence-electron chi connectivity index (χ2n) is 5.17. The molecule has 0 radical (unpaired) electrons. The maximum atomic E-state index is 12.2. The van der Waals surface area contributed by atoms with Crippen LogP contribution in [-0.2, 0) is 4.79 Å². The molecule has 17 heavy (non-hydrogen) atoms. The molecule has 0 aromatic heterocycles. The summed E-state index contributed by atoms with van der Waals surface area (Å²) in [4.78, 5) is 14.3. The molecule has 1 aliphatic heterocycles. The molecule has 0 aromatic rings. The van der Waals surface area contributed by atoms with E-state index in [0.717, 1.165) is 31.7 Å². The first-order valence-corrected chi connectivity index (χ1v) is 8.22. The summed E-state index contributed by atoms with van der Waals surface area (Å²) in [5, 5.41) is 3.49. The van der Waals surface area contributed by atoms with Gasteiger partial charge in [0.15, 0.2) is 0 Å². The fourth-order valence-corrected chi connectivity index (χ4v) is 2.94. The Morgan fingerprint density at radius 2 is 2.24 bits per heavy atom. The third kappa shape index (κ3) is 4.18. The van der Waals surface area contributed by atoms with Crippen molar-refractivity contribution in [3.63, 3.8) is 0 Å². The number of rotatable bonds is 7. The molecule has 1 aliphatic carbocycles. The van der Waals surface area contributed by atoms with Gasteiger partial charge in [-0.2, -0.15) is 11.8 Å². The summed E-state index contributed by atoms with van der Waals surface area (Å²) in [6, 6.07) is 1.12. The van der Waals surface area contributed by atoms with E-state index in [4.69, 9.17) is 0 Å². The standard InChI is InChI=1S/C13H24N2OS/c1-17-9-3-5-13(16)15(12-6-7-12)10-11-4-2-8-14-11/h11-12,14H,2-10H2,1H3/t11-/m0/s1. The SMILES string of the molecule is CSCCCC(=O)N(C[C@@H]1CCCN1)C1CC1. The van der Waals surface area contributed by atoms with Crippen molar-refractivity contribution in [2.24, 2.45) is 0 Å². The van der Waals surface area contributed by atoms with Crippen molar-refractivity contribution in [2.75, 3.05) is 25.1 Å². The van der Waals surface area contributed by atoms with Crippen LogP contribution in [0.4, 0.5) is 0 Å². The Morgan fingerprint density at radius 1 is 1.41 bits per heavy atom. The van der Waals surface area contributed by atoms with Crippen LogP contribution in [-0.4, -0.2) is 48.0 Å². The first kappa shape index (κ1) is 13.2. The van der Waals surface area contributed by atoms with Crippen LogP contribution < -0.4 is 5.32 Å². The maximum absolute atomic E-state index is 12.2. The molecule has 0 unspecified atom stereocenters. The number of nitrogens with one attached hydrogen (secondary N) is 1. The average molecular weight is 256 g/mol. The van der Waals surface area contributed by atoms with Crippen molar-refractivity contribution in [1.29, 1.82) is 0 Å². The van der Waals surface area contributed by atoms with Gasteiger partial charge in [0.1, 0.15) is 0 Å². The van der Waals surface area contributed by atoms with E-state index in [0.29, 0.717) is 18.0 Å². The van der Waals surface area contributed by atoms with Crippen LogP contribution in [0.3, 0.4) is 0 Å². The van der Waals surface area contributed by atoms with Gasteiger partial charge in [-0.05, 0) is 50.7 Å². The zero-order valence-corrected chi connectivity index (χ0v) is 11.6. The lowest BCUT2D eigenvalue weighted by Gasteiger charge is -2.26. The van der Waals surface area contributed by atoms with E-state index in [1.54, 1.807) is 0 Å². The van der Waals surface area contributed by atoms with Crippen molar-refractivity contribution in [3.05, 3.63) is 0 Å². The Morgan fingerprint density at radius 3 is 2.82 bits per heavy atom. The van der Waals surface area contributed by atoms with E-state index in [2.05, 4.69) is 16.5 Å². The number of amides is 1. The summed E-state index contributed by atoms with van der Waals surface area (Å²) < 4.78 is 0. The Kier molecular flexibility index (Phi) is 5.16. The summed E-state index contributed by atoms with van der Waals surface area (Å²) in [5.74, 6) is 1.49. The van der Waals surface area contributed by atoms with Gasteiger partial charge >= 0.3 is 0 Å². The lowest BCUT2D eigenvalue weighted by molar-refractivity contribution is -0.132. The minimum Gasteiger partial charge on any atom is -0.338 e. The van der Waals surface area contributed by atoms with Gasteiger partial charge in [-0.3, -0.25) is 4.79 Å². The zero-order valence-electron chi connectivity index (χ0n) is 10.8. The molecule has 1 N–H and O–H groups in total. The Balaban J connectivity index is 1.76. The van der Waals surface area contributed by atoms with Crippen molar-refractivity contribution >= 4 is 17.7 Å². The summed E-state index contributed by atoms with van der Waals surface area (Å²) >= 11 is 1.83. The van der Waals surface area contributed by atoms with Gasteiger partial charge in [0.05, 0.1) is 0 Å². The lowest BCUT2D eigenvalue weighted by Crippen LogP contribution is -2.42. The highest BCUT2D eigenvalue weighted by molar-refractivity contribution is 7.98. The summed E-state index contributed by atoms with van der Waals surface area (Å²) in [5.41, 5.74) is 0. The molecular weight excluding hydrogens is 232 g/mol. The van der Waals surface area contributed by atoms with Crippen LogP contribution in [0, 0.1) is 0 Å². The minimum atomic E-state index is 0.384. The lowest BCUT2D eigenvalue weighted by atomic mass is 10.2. The Bertz CT molecular complexity index is 250. The molecule has 0 aromatic carbocycles. The van der Waals surface area contributed by atoms with E-state index in [9.17, 15) is 4.79 Å². The van der Waals surface area contributed by atoms with Gasteiger partial charge in [0.25, 0.3) is 0 Å². The molecule has 98 valence electrons. The van der Waals surface area contributed by atoms with Gasteiger partial charge in [0.2, 0.25) is 5.91 Å². The van der Waals surface area contributed by atoms with Crippen LogP contribution in [0.25, 0.3) is 0 Å². The Labute approximate surface area is 109 Å². The minimum absolute atomic E-state index is 0.384. The van der Waals surface area contributed by atoms with Gasteiger partial charge < -0.3 is 10.2 Å². The molecule has 1 amide bonds. The first-order valence-electron chi connectivity index (χ1n) is 6.83. The highest BCUT2D eigenvalue weighted by Gasteiger charge is 2.33. The molecule has 1 saturated heterocycles. The number of hydrogen-bond acceptors (Lipinski definition) is 3. The van der Waals surface area contributed by atoms with Crippen LogP contribution >= 0.6 is 11.8 Å². The molecule has 2 fully saturated rings. The second-order valence-corrected chi connectivity index (χ2v) is 6.15. The van der Waals surface area contributed by atoms with Gasteiger partial charge in [-0.1, -0.05) is 0 Å². The van der Waals surface area contributed by atoms with Gasteiger partial charge in [0, 0.05) is 25.0 Å². The van der Waals surface area contributed by atoms with Crippen LogP contribution in [0.1, 0.15) is 38.5 Å². The van der Waals surface area contributed by atoms with Crippen molar-refractivity contribution in [1.82, 2.24) is 10.2 Å². The van der Waals surface area contributed by atoms with Crippen LogP contribution in [0.2, 0.25) is 0 Å². The molecule has 1 atom stereocenters. The van der Waals surface area contributed by atoms with E-state index in [1.807, 2.05) is 11.8 Å². The molecule has 2 rings (SSSR count). The number of carbonyl (C=O) groups excluding carboxylic acids is 1. The fourth-order valence-electron chi connectivity index (χ4n) is 2.50. The zero-order chi connectivity index (χ0) is 12.1. The number of thioether (sulfide) groups is 1. The molecule has 2 aliphatic rings. The summed E-state index contributed by atoms with van der Waals surface area (Å²) in [6.45, 7) is 2.08. The maximum Gasteiger partial charge on any atom is 0.222 e. The molecule has 3 nitrogen and oxygen atoms in total. The first-order chi connectivity index (χ1) is 8.31. The normalized spacial score (nSPS) is 23.9. The Hall–Kier alpha value is -0.220. The number of carbonyl (C=O) groups is 1. The van der Waals surface area contributed by atoms with Crippen LogP contribution in [0.15, 0.2) is 0 Å². The van der Waals surface area contributed by atoms with E-state index in [1.165, 1.54) is 25.7 Å². The predicted molar refractivity (Wildman–Crippen MR) is 73.4 cm³/mol. The third-order valence-corrected chi connectivity index (χ3v) is 4.32. The largest absolute Gasteiger partial charge is 0.338 e. The number of hydrogen-bond donors (Lipinski definition) is 1. The predicted octanol–water partition coefficient (Wildman–Crippen LogP) is 1.87. The average Bonchev–Trinajstić information content (AvgIpc) is 3.03. The quantitative estimate of drug-likeness (QED) is 0.706. The third-order valence-electron chi connectivity index (χ3n) is 3.63. The molecule has 4 heteroatoms. The molecule has 1 heterocycles. The number of nitrogens with zero attached hydrogens (tertiary/aromatic N) is 1. The topological polar surface area (TPSA) is 32.3 Å². The second kappa shape index (κ2) is 6.64. The van der Waals surface area contributed by atoms with Gasteiger partial charge in [-0.15, -0.1) is 0 Å². The summed E-state index contributed by atoms with van der Waals surface area (Å²) in [7, 11) is 0. The van der Waals surface area contributed by atoms with Crippen molar-refractivity contribution in [2.45, 2.75) is 50.6 Å². The molecule has 0 spiro atoms. The van der Waals surface area contributed by atoms with E-state index in [-0.39, 0.29) is 0 Å². The highest BCUT2D eigenvalue weighted by Crippen LogP contribution is 2.28. The smallest absolute Gasteiger partial charge is 0.222 e. The van der Waals surface area contributed by atoms with E-state index >= 15 is 0 Å². The van der Waals surface area contributed by atoms with E-state index < -0.39 is 0 Å². The summed E-state index contributed by atoms with van der Waals surface area (Å²) in [6.07, 6.45) is 8.82. The fraction of sp³-hybridized carbons (Fsp3) is 0.923. The monoisotopic (exact) mass is 256 g/mol. The molecular formula is C13H24N2OS. The molecule has 0 bridgehead atoms.